The minimum atomic E-state index is -4.46. The van der Waals surface area contributed by atoms with Crippen molar-refractivity contribution < 1.29 is 26.9 Å². The molecule has 0 atom stereocenters. The maximum atomic E-state index is 14.7. The Labute approximate surface area is 207 Å². The van der Waals surface area contributed by atoms with Gasteiger partial charge in [0.2, 0.25) is 11.9 Å². The third-order valence-electron chi connectivity index (χ3n) is 6.19. The Morgan fingerprint density at radius 1 is 1.14 bits per heavy atom. The van der Waals surface area contributed by atoms with Gasteiger partial charge in [-0.05, 0) is 37.0 Å². The summed E-state index contributed by atoms with van der Waals surface area (Å²) in [5, 5.41) is 13.1. The number of nitrogens with zero attached hydrogens (tertiary/aromatic N) is 5. The Bertz CT molecular complexity index is 1430. The number of nitrogens with one attached hydrogen (secondary N) is 2. The summed E-state index contributed by atoms with van der Waals surface area (Å²) in [6.07, 6.45) is -0.248. The number of carbonyl (C=O) groups excluding carboxylic acids is 1. The Balaban J connectivity index is 1.22. The summed E-state index contributed by atoms with van der Waals surface area (Å²) in [6.45, 7) is 2.63. The predicted octanol–water partition coefficient (Wildman–Crippen LogP) is 5.01. The number of halogens is 4. The van der Waals surface area contributed by atoms with Crippen LogP contribution in [-0.2, 0) is 23.2 Å². The molecule has 1 aliphatic carbocycles. The Morgan fingerprint density at radius 2 is 1.89 bits per heavy atom. The summed E-state index contributed by atoms with van der Waals surface area (Å²) in [5.41, 5.74) is -0.861. The van der Waals surface area contributed by atoms with Crippen molar-refractivity contribution in [2.24, 2.45) is 0 Å². The molecule has 0 radical (unpaired) electrons. The smallest absolute Gasteiger partial charge is 0.358 e. The topological polar surface area (TPSA) is 111 Å². The summed E-state index contributed by atoms with van der Waals surface area (Å²) in [5.74, 6) is -0.680. The molecular weight excluding hydrogens is 494 g/mol. The number of hydrogen-bond acceptors (Lipinski definition) is 7. The lowest BCUT2D eigenvalue weighted by Gasteiger charge is -2.14. The maximum Gasteiger partial charge on any atom is 0.401 e. The summed E-state index contributed by atoms with van der Waals surface area (Å²) < 4.78 is 61.0. The molecule has 0 bridgehead atoms. The monoisotopic (exact) mass is 515 g/mol. The van der Waals surface area contributed by atoms with E-state index in [0.717, 1.165) is 11.9 Å². The number of anilines is 3. The van der Waals surface area contributed by atoms with Crippen LogP contribution in [0.1, 0.15) is 31.1 Å². The van der Waals surface area contributed by atoms with Gasteiger partial charge in [-0.2, -0.15) is 18.3 Å². The van der Waals surface area contributed by atoms with Crippen molar-refractivity contribution >= 4 is 23.5 Å². The van der Waals surface area contributed by atoms with E-state index in [1.807, 2.05) is 6.92 Å². The van der Waals surface area contributed by atoms with Crippen molar-refractivity contribution in [2.45, 2.75) is 44.3 Å². The lowest BCUT2D eigenvalue weighted by atomic mass is 10.0. The molecule has 4 aromatic rings. The predicted molar refractivity (Wildman–Crippen MR) is 124 cm³/mol. The molecule has 0 aliphatic heterocycles. The van der Waals surface area contributed by atoms with Crippen molar-refractivity contribution in [3.8, 4) is 11.1 Å². The van der Waals surface area contributed by atoms with Gasteiger partial charge in [-0.1, -0.05) is 17.3 Å². The van der Waals surface area contributed by atoms with Crippen LogP contribution in [0, 0.1) is 5.82 Å². The van der Waals surface area contributed by atoms with E-state index in [0.29, 0.717) is 23.6 Å². The van der Waals surface area contributed by atoms with Crippen LogP contribution >= 0.6 is 0 Å². The number of aromatic nitrogens is 5. The van der Waals surface area contributed by atoms with Gasteiger partial charge in [-0.3, -0.25) is 4.79 Å². The van der Waals surface area contributed by atoms with E-state index in [2.05, 4.69) is 30.9 Å². The summed E-state index contributed by atoms with van der Waals surface area (Å²) >= 11 is 0. The molecule has 3 heterocycles. The van der Waals surface area contributed by atoms with Gasteiger partial charge in [0.1, 0.15) is 17.1 Å². The molecule has 2 N–H and O–H groups in total. The van der Waals surface area contributed by atoms with Gasteiger partial charge < -0.3 is 15.2 Å². The molecule has 1 aromatic carbocycles. The minimum Gasteiger partial charge on any atom is -0.358 e. The zero-order valence-electron chi connectivity index (χ0n) is 19.5. The van der Waals surface area contributed by atoms with Crippen molar-refractivity contribution in [3.63, 3.8) is 0 Å². The van der Waals surface area contributed by atoms with Crippen LogP contribution in [0.25, 0.3) is 11.1 Å². The van der Waals surface area contributed by atoms with Crippen molar-refractivity contribution in [1.29, 1.82) is 0 Å². The second-order valence-electron chi connectivity index (χ2n) is 8.64. The molecule has 1 fully saturated rings. The fourth-order valence-corrected chi connectivity index (χ4v) is 3.93. The molecule has 3 aromatic heterocycles. The molecular formula is C24H21F4N7O2. The lowest BCUT2D eigenvalue weighted by molar-refractivity contribution is -0.165. The van der Waals surface area contributed by atoms with E-state index < -0.39 is 23.3 Å². The number of hydrogen-bond donors (Lipinski definition) is 2. The molecule has 0 saturated heterocycles. The lowest BCUT2D eigenvalue weighted by Crippen LogP contribution is -2.28. The molecule has 5 rings (SSSR count). The first-order valence-electron chi connectivity index (χ1n) is 11.4. The van der Waals surface area contributed by atoms with Crippen LogP contribution in [-0.4, -0.2) is 37.0 Å². The number of alkyl halides is 3. The number of carbonyl (C=O) groups is 1. The van der Waals surface area contributed by atoms with Gasteiger partial charge in [0.05, 0.1) is 12.6 Å². The van der Waals surface area contributed by atoms with Crippen molar-refractivity contribution in [2.75, 3.05) is 10.6 Å². The first kappa shape index (κ1) is 24.4. The van der Waals surface area contributed by atoms with Crippen molar-refractivity contribution in [3.05, 3.63) is 66.1 Å². The third-order valence-corrected chi connectivity index (χ3v) is 6.19. The van der Waals surface area contributed by atoms with Gasteiger partial charge in [0, 0.05) is 36.6 Å². The third kappa shape index (κ3) is 4.88. The molecule has 1 amide bonds. The second kappa shape index (κ2) is 9.30. The quantitative estimate of drug-likeness (QED) is 0.318. The molecule has 0 spiro atoms. The van der Waals surface area contributed by atoms with Crippen molar-refractivity contribution in [1.82, 2.24) is 24.9 Å². The average Bonchev–Trinajstić information content (AvgIpc) is 3.37. The van der Waals surface area contributed by atoms with Crippen LogP contribution in [0.3, 0.4) is 0 Å². The molecule has 192 valence electrons. The van der Waals surface area contributed by atoms with Gasteiger partial charge in [-0.25, -0.2) is 19.0 Å². The largest absolute Gasteiger partial charge is 0.401 e. The van der Waals surface area contributed by atoms with Gasteiger partial charge >= 0.3 is 6.18 Å². The van der Waals surface area contributed by atoms with Crippen LogP contribution in [0.5, 0.6) is 0 Å². The van der Waals surface area contributed by atoms with E-state index in [9.17, 15) is 22.4 Å². The zero-order chi connectivity index (χ0) is 26.2. The highest BCUT2D eigenvalue weighted by molar-refractivity contribution is 5.91. The highest BCUT2D eigenvalue weighted by Crippen LogP contribution is 2.59. The summed E-state index contributed by atoms with van der Waals surface area (Å²) in [4.78, 5) is 20.9. The Hall–Kier alpha value is -4.29. The van der Waals surface area contributed by atoms with Gasteiger partial charge in [0.15, 0.2) is 11.6 Å². The number of benzene rings is 1. The standard InChI is InChI=1S/C24H21F4N7O2/c1-2-35-20(5-8-31-35)33-22-29-12-16(13-30-22)14-3-4-15(17(25)9-14)10-21(36)32-19-11-18(37-34-19)23(6-7-23)24(26,27)28/h3-5,8-9,11-13H,2,6-7,10H2,1H3,(H,29,30,33)(H,32,34,36). The fourth-order valence-electron chi connectivity index (χ4n) is 3.93. The Kier molecular flexibility index (Phi) is 6.13. The molecule has 9 nitrogen and oxygen atoms in total. The fraction of sp³-hybridized carbons (Fsp3) is 0.292. The van der Waals surface area contributed by atoms with Crippen LogP contribution in [0.15, 0.2) is 53.4 Å². The normalized spacial score (nSPS) is 14.4. The number of aryl methyl sites for hydroxylation is 1. The molecule has 13 heteroatoms. The summed E-state index contributed by atoms with van der Waals surface area (Å²) in [6, 6.07) is 7.19. The van der Waals surface area contributed by atoms with E-state index in [1.165, 1.54) is 12.1 Å². The summed E-state index contributed by atoms with van der Waals surface area (Å²) in [7, 11) is 0. The molecule has 37 heavy (non-hydrogen) atoms. The van der Waals surface area contributed by atoms with E-state index >= 15 is 0 Å². The maximum absolute atomic E-state index is 14.7. The SMILES string of the molecule is CCn1nccc1Nc1ncc(-c2ccc(CC(=O)Nc3cc(C4(C(F)(F)F)CC4)on3)c(F)c2)cn1. The number of rotatable bonds is 8. The van der Waals surface area contributed by atoms with E-state index in [1.54, 1.807) is 35.4 Å². The molecule has 1 aliphatic rings. The van der Waals surface area contributed by atoms with E-state index in [-0.39, 0.29) is 36.4 Å². The highest BCUT2D eigenvalue weighted by Gasteiger charge is 2.66. The first-order valence-corrected chi connectivity index (χ1v) is 11.4. The average molecular weight is 515 g/mol. The van der Waals surface area contributed by atoms with Gasteiger partial charge in [-0.15, -0.1) is 0 Å². The number of amides is 1. The Morgan fingerprint density at radius 3 is 2.54 bits per heavy atom. The van der Waals surface area contributed by atoms with Crippen LogP contribution in [0.4, 0.5) is 35.1 Å². The highest BCUT2D eigenvalue weighted by atomic mass is 19.4. The van der Waals surface area contributed by atoms with Gasteiger partial charge in [0.25, 0.3) is 0 Å². The minimum absolute atomic E-state index is 0.0918. The first-order chi connectivity index (χ1) is 17.7. The second-order valence-corrected chi connectivity index (χ2v) is 8.64. The molecule has 0 unspecified atom stereocenters. The molecule has 1 saturated carbocycles. The van der Waals surface area contributed by atoms with Crippen LogP contribution in [0.2, 0.25) is 0 Å². The van der Waals surface area contributed by atoms with Crippen LogP contribution < -0.4 is 10.6 Å². The zero-order valence-corrected chi connectivity index (χ0v) is 19.5. The van der Waals surface area contributed by atoms with E-state index in [4.69, 9.17) is 4.52 Å².